The Labute approximate surface area is 228 Å². The molecule has 0 radical (unpaired) electrons. The van der Waals surface area contributed by atoms with E-state index in [4.69, 9.17) is 14.7 Å². The minimum absolute atomic E-state index is 0.00345. The number of aromatic nitrogens is 2. The Morgan fingerprint density at radius 3 is 2.64 bits per heavy atom. The van der Waals surface area contributed by atoms with E-state index in [1.807, 2.05) is 16.8 Å². The number of piperazine rings is 1. The Hall–Kier alpha value is -3.72. The van der Waals surface area contributed by atoms with Crippen LogP contribution in [-0.2, 0) is 17.8 Å². The van der Waals surface area contributed by atoms with Crippen molar-refractivity contribution < 1.29 is 13.9 Å². The smallest absolute Gasteiger partial charge is 0.318 e. The van der Waals surface area contributed by atoms with Gasteiger partial charge in [-0.15, -0.1) is 0 Å². The molecule has 1 aromatic heterocycles. The molecule has 9 heteroatoms. The Bertz CT molecular complexity index is 1370. The van der Waals surface area contributed by atoms with Gasteiger partial charge in [0.1, 0.15) is 18.6 Å². The molecule has 4 heterocycles. The van der Waals surface area contributed by atoms with E-state index in [1.54, 1.807) is 0 Å². The summed E-state index contributed by atoms with van der Waals surface area (Å²) in [5.74, 6) is 0.849. The highest BCUT2D eigenvalue weighted by Crippen LogP contribution is 2.34. The van der Waals surface area contributed by atoms with Gasteiger partial charge in [-0.1, -0.05) is 43.0 Å². The maximum absolute atomic E-state index is 13.9. The number of carbonyl (C=O) groups is 1. The van der Waals surface area contributed by atoms with Gasteiger partial charge in [0.05, 0.1) is 12.2 Å². The van der Waals surface area contributed by atoms with E-state index in [0.29, 0.717) is 58.3 Å². The molecule has 6 rings (SSSR count). The summed E-state index contributed by atoms with van der Waals surface area (Å²) in [6.45, 7) is 8.52. The van der Waals surface area contributed by atoms with Crippen LogP contribution in [0.4, 0.5) is 15.9 Å². The number of carbonyl (C=O) groups excluding carboxylic acids is 1. The van der Waals surface area contributed by atoms with Crippen LogP contribution < -0.4 is 14.5 Å². The number of nitrogens with zero attached hydrogens (tertiary/aromatic N) is 6. The third-order valence-corrected chi connectivity index (χ3v) is 8.24. The predicted molar refractivity (Wildman–Crippen MR) is 151 cm³/mol. The summed E-state index contributed by atoms with van der Waals surface area (Å²) in [7, 11) is 1.93. The molecule has 0 spiro atoms. The largest absolute Gasteiger partial charge is 0.462 e. The lowest BCUT2D eigenvalue weighted by atomic mass is 10.0. The SMILES string of the molecule is C=CC(=O)N1CCN(c2nc(OC[C@@H]3C[C@@H](F)CN3C)nc3c2CCN(c2cccc4ccccc24)C3)CC1. The molecule has 0 unspecified atom stereocenters. The predicted octanol–water partition coefficient (Wildman–Crippen LogP) is 3.45. The highest BCUT2D eigenvalue weighted by molar-refractivity contribution is 5.94. The number of likely N-dealkylation sites (tertiary alicyclic amines) is 1. The first-order chi connectivity index (χ1) is 19.0. The topological polar surface area (TPSA) is 65.0 Å². The minimum atomic E-state index is -0.826. The molecule has 3 aromatic rings. The van der Waals surface area contributed by atoms with Crippen molar-refractivity contribution in [2.45, 2.75) is 31.6 Å². The molecular weight excluding hydrogens is 495 g/mol. The summed E-state index contributed by atoms with van der Waals surface area (Å²) in [5, 5.41) is 2.44. The van der Waals surface area contributed by atoms with E-state index >= 15 is 0 Å². The summed E-state index contributed by atoms with van der Waals surface area (Å²) in [4.78, 5) is 30.4. The van der Waals surface area contributed by atoms with Crippen LogP contribution in [0.3, 0.4) is 0 Å². The lowest BCUT2D eigenvalue weighted by Crippen LogP contribution is -2.49. The zero-order valence-electron chi connectivity index (χ0n) is 22.4. The number of halogens is 1. The van der Waals surface area contributed by atoms with E-state index in [2.05, 4.69) is 58.8 Å². The molecule has 0 saturated carbocycles. The van der Waals surface area contributed by atoms with E-state index in [1.165, 1.54) is 22.5 Å². The Balaban J connectivity index is 1.29. The Kier molecular flexibility index (Phi) is 7.08. The van der Waals surface area contributed by atoms with Gasteiger partial charge in [0.2, 0.25) is 5.91 Å². The number of amides is 1. The first-order valence-electron chi connectivity index (χ1n) is 13.8. The van der Waals surface area contributed by atoms with E-state index < -0.39 is 6.17 Å². The summed E-state index contributed by atoms with van der Waals surface area (Å²) in [5.41, 5.74) is 3.30. The van der Waals surface area contributed by atoms with Crippen LogP contribution in [0.1, 0.15) is 17.7 Å². The average Bonchev–Trinajstić information content (AvgIpc) is 3.30. The quantitative estimate of drug-likeness (QED) is 0.453. The number of rotatable bonds is 6. The van der Waals surface area contributed by atoms with Crippen molar-refractivity contribution in [2.24, 2.45) is 0 Å². The molecule has 2 atom stereocenters. The lowest BCUT2D eigenvalue weighted by molar-refractivity contribution is -0.126. The standard InChI is InChI=1S/C30H35FN6O2/c1-3-28(38)35-13-15-36(16-14-35)29-25-11-12-37(27-10-6-8-21-7-4-5-9-24(21)27)19-26(25)32-30(33-29)39-20-23-17-22(31)18-34(23)2/h3-10,22-23H,1,11-20H2,2H3/t22-,23+/m1/s1. The lowest BCUT2D eigenvalue weighted by Gasteiger charge is -2.38. The number of alkyl halides is 1. The molecular formula is C30H35FN6O2. The monoisotopic (exact) mass is 530 g/mol. The number of benzene rings is 2. The normalized spacial score (nSPS) is 21.7. The molecule has 3 aliphatic rings. The molecule has 0 aliphatic carbocycles. The zero-order valence-corrected chi connectivity index (χ0v) is 22.4. The molecule has 2 saturated heterocycles. The van der Waals surface area contributed by atoms with Gasteiger partial charge in [0.15, 0.2) is 0 Å². The van der Waals surface area contributed by atoms with Crippen molar-refractivity contribution in [1.29, 1.82) is 0 Å². The summed E-state index contributed by atoms with van der Waals surface area (Å²) in [6.07, 6.45) is 1.82. The molecule has 204 valence electrons. The van der Waals surface area contributed by atoms with Crippen LogP contribution in [-0.4, -0.2) is 90.8 Å². The highest BCUT2D eigenvalue weighted by atomic mass is 19.1. The highest BCUT2D eigenvalue weighted by Gasteiger charge is 2.32. The number of anilines is 2. The van der Waals surface area contributed by atoms with Crippen LogP contribution in [0.15, 0.2) is 55.1 Å². The third-order valence-electron chi connectivity index (χ3n) is 8.24. The second kappa shape index (κ2) is 10.8. The number of fused-ring (bicyclic) bond motifs is 2. The number of likely N-dealkylation sites (N-methyl/N-ethyl adjacent to an activating group) is 1. The van der Waals surface area contributed by atoms with Gasteiger partial charge in [-0.2, -0.15) is 9.97 Å². The van der Waals surface area contributed by atoms with Crippen molar-refractivity contribution in [3.05, 3.63) is 66.4 Å². The molecule has 1 amide bonds. The fourth-order valence-electron chi connectivity index (χ4n) is 6.05. The van der Waals surface area contributed by atoms with E-state index in [-0.39, 0.29) is 11.9 Å². The van der Waals surface area contributed by atoms with Gasteiger partial charge in [-0.3, -0.25) is 9.69 Å². The molecule has 3 aliphatic heterocycles. The average molecular weight is 531 g/mol. The Morgan fingerprint density at radius 1 is 1.08 bits per heavy atom. The number of hydrogen-bond donors (Lipinski definition) is 0. The van der Waals surface area contributed by atoms with Crippen LogP contribution in [0.2, 0.25) is 0 Å². The first-order valence-corrected chi connectivity index (χ1v) is 13.8. The number of ether oxygens (including phenoxy) is 1. The molecule has 8 nitrogen and oxygen atoms in total. The van der Waals surface area contributed by atoms with Crippen molar-refractivity contribution in [3.8, 4) is 6.01 Å². The van der Waals surface area contributed by atoms with Gasteiger partial charge in [-0.25, -0.2) is 4.39 Å². The molecule has 0 bridgehead atoms. The summed E-state index contributed by atoms with van der Waals surface area (Å²) in [6, 6.07) is 15.2. The second-order valence-corrected chi connectivity index (χ2v) is 10.7. The van der Waals surface area contributed by atoms with Crippen molar-refractivity contribution >= 4 is 28.2 Å². The first kappa shape index (κ1) is 25.6. The maximum Gasteiger partial charge on any atom is 0.318 e. The number of hydrogen-bond acceptors (Lipinski definition) is 7. The van der Waals surface area contributed by atoms with Crippen LogP contribution in [0, 0.1) is 0 Å². The zero-order chi connectivity index (χ0) is 26.9. The fourth-order valence-corrected chi connectivity index (χ4v) is 6.05. The van der Waals surface area contributed by atoms with Crippen LogP contribution in [0.25, 0.3) is 10.8 Å². The van der Waals surface area contributed by atoms with Gasteiger partial charge in [0.25, 0.3) is 0 Å². The fraction of sp³-hybridized carbons (Fsp3) is 0.433. The molecule has 0 N–H and O–H groups in total. The van der Waals surface area contributed by atoms with Crippen LogP contribution >= 0.6 is 0 Å². The minimum Gasteiger partial charge on any atom is -0.462 e. The van der Waals surface area contributed by atoms with Crippen LogP contribution in [0.5, 0.6) is 6.01 Å². The second-order valence-electron chi connectivity index (χ2n) is 10.7. The van der Waals surface area contributed by atoms with Gasteiger partial charge in [0, 0.05) is 61.9 Å². The third kappa shape index (κ3) is 5.15. The Morgan fingerprint density at radius 2 is 1.87 bits per heavy atom. The van der Waals surface area contributed by atoms with Crippen molar-refractivity contribution in [2.75, 3.05) is 62.7 Å². The summed E-state index contributed by atoms with van der Waals surface area (Å²) < 4.78 is 20.1. The van der Waals surface area contributed by atoms with E-state index in [0.717, 1.165) is 30.0 Å². The molecule has 39 heavy (non-hydrogen) atoms. The van der Waals surface area contributed by atoms with Gasteiger partial charge in [-0.05, 0) is 37.4 Å². The molecule has 2 aromatic carbocycles. The summed E-state index contributed by atoms with van der Waals surface area (Å²) >= 11 is 0. The van der Waals surface area contributed by atoms with Gasteiger partial charge >= 0.3 is 6.01 Å². The van der Waals surface area contributed by atoms with Crippen molar-refractivity contribution in [1.82, 2.24) is 19.8 Å². The van der Waals surface area contributed by atoms with E-state index in [9.17, 15) is 9.18 Å². The maximum atomic E-state index is 13.9. The molecule has 2 fully saturated rings. The van der Waals surface area contributed by atoms with Gasteiger partial charge < -0.3 is 19.4 Å². The van der Waals surface area contributed by atoms with Crippen molar-refractivity contribution in [3.63, 3.8) is 0 Å².